The molecule has 0 aliphatic heterocycles. The van der Waals surface area contributed by atoms with Crippen molar-refractivity contribution in [2.75, 3.05) is 7.11 Å². The zero-order valence-corrected chi connectivity index (χ0v) is 18.2. The monoisotopic (exact) mass is 433 g/mol. The van der Waals surface area contributed by atoms with Crippen LogP contribution in [0.3, 0.4) is 0 Å². The number of fused-ring (bicyclic) bond motifs is 1. The lowest BCUT2D eigenvalue weighted by atomic mass is 10.0. The highest BCUT2D eigenvalue weighted by Gasteiger charge is 2.17. The maximum Gasteiger partial charge on any atom is 0.262 e. The van der Waals surface area contributed by atoms with Gasteiger partial charge in [0.05, 0.1) is 18.8 Å². The molecule has 0 unspecified atom stereocenters. The Balaban J connectivity index is 1.48. The van der Waals surface area contributed by atoms with Gasteiger partial charge in [0.2, 0.25) is 5.91 Å². The topological polar surface area (TPSA) is 73.2 Å². The maximum atomic E-state index is 13.2. The van der Waals surface area contributed by atoms with Crippen LogP contribution >= 0.6 is 11.3 Å². The van der Waals surface area contributed by atoms with Crippen molar-refractivity contribution in [2.24, 2.45) is 0 Å². The van der Waals surface area contributed by atoms with E-state index in [1.165, 1.54) is 22.2 Å². The van der Waals surface area contributed by atoms with Crippen molar-refractivity contribution in [2.45, 2.75) is 26.4 Å². The van der Waals surface area contributed by atoms with Crippen molar-refractivity contribution in [3.8, 4) is 16.9 Å². The van der Waals surface area contributed by atoms with Gasteiger partial charge in [0.15, 0.2) is 0 Å². The standard InChI is InChI=1S/C24H23N3O3S/c1-16-21(18-6-4-3-5-7-18)22-23(31-16)26-15-27(24(22)29)13-12-20(28)25-14-17-8-10-19(30-2)11-9-17/h3-11,15H,12-14H2,1-2H3,(H,25,28). The highest BCUT2D eigenvalue weighted by molar-refractivity contribution is 7.19. The Labute approximate surface area is 184 Å². The summed E-state index contributed by atoms with van der Waals surface area (Å²) in [5.41, 5.74) is 2.79. The minimum Gasteiger partial charge on any atom is -0.497 e. The number of methoxy groups -OCH3 is 1. The van der Waals surface area contributed by atoms with E-state index in [9.17, 15) is 9.59 Å². The van der Waals surface area contributed by atoms with Crippen molar-refractivity contribution in [3.63, 3.8) is 0 Å². The molecule has 0 saturated heterocycles. The first kappa shape index (κ1) is 20.8. The fraction of sp³-hybridized carbons (Fsp3) is 0.208. The molecule has 1 N–H and O–H groups in total. The minimum absolute atomic E-state index is 0.115. The van der Waals surface area contributed by atoms with Crippen LogP contribution in [0.5, 0.6) is 5.75 Å². The highest BCUT2D eigenvalue weighted by Crippen LogP contribution is 2.35. The van der Waals surface area contributed by atoms with Gasteiger partial charge in [-0.2, -0.15) is 0 Å². The number of amides is 1. The van der Waals surface area contributed by atoms with E-state index in [2.05, 4.69) is 10.3 Å². The minimum atomic E-state index is -0.118. The van der Waals surface area contributed by atoms with Crippen molar-refractivity contribution in [1.82, 2.24) is 14.9 Å². The molecule has 1 amide bonds. The van der Waals surface area contributed by atoms with Crippen molar-refractivity contribution < 1.29 is 9.53 Å². The van der Waals surface area contributed by atoms with Gasteiger partial charge in [0.25, 0.3) is 5.56 Å². The van der Waals surface area contributed by atoms with Crippen LogP contribution in [-0.2, 0) is 17.9 Å². The molecule has 7 heteroatoms. The molecule has 0 bridgehead atoms. The number of carbonyl (C=O) groups is 1. The van der Waals surface area contributed by atoms with E-state index >= 15 is 0 Å². The number of aryl methyl sites for hydroxylation is 2. The number of hydrogen-bond acceptors (Lipinski definition) is 5. The summed E-state index contributed by atoms with van der Waals surface area (Å²) in [6.07, 6.45) is 1.74. The first-order valence-electron chi connectivity index (χ1n) is 10.0. The SMILES string of the molecule is COc1ccc(CNC(=O)CCn2cnc3sc(C)c(-c4ccccc4)c3c2=O)cc1. The molecule has 0 aliphatic rings. The van der Waals surface area contributed by atoms with Crippen LogP contribution in [0.1, 0.15) is 16.9 Å². The summed E-state index contributed by atoms with van der Waals surface area (Å²) in [5, 5.41) is 3.51. The number of aromatic nitrogens is 2. The lowest BCUT2D eigenvalue weighted by molar-refractivity contribution is -0.121. The van der Waals surface area contributed by atoms with E-state index in [1.807, 2.05) is 61.5 Å². The van der Waals surface area contributed by atoms with Crippen molar-refractivity contribution in [1.29, 1.82) is 0 Å². The molecular weight excluding hydrogens is 410 g/mol. The van der Waals surface area contributed by atoms with E-state index in [4.69, 9.17) is 4.74 Å². The summed E-state index contributed by atoms with van der Waals surface area (Å²) >= 11 is 1.52. The number of benzene rings is 2. The summed E-state index contributed by atoms with van der Waals surface area (Å²) < 4.78 is 6.66. The number of thiophene rings is 1. The first-order valence-corrected chi connectivity index (χ1v) is 10.8. The van der Waals surface area contributed by atoms with Crippen LogP contribution in [0.15, 0.2) is 65.7 Å². The van der Waals surface area contributed by atoms with E-state index in [0.717, 1.165) is 32.1 Å². The second-order valence-corrected chi connectivity index (χ2v) is 8.40. The number of ether oxygens (including phenoxy) is 1. The van der Waals surface area contributed by atoms with Gasteiger partial charge < -0.3 is 10.1 Å². The zero-order chi connectivity index (χ0) is 21.8. The molecule has 0 fully saturated rings. The number of nitrogens with zero attached hydrogens (tertiary/aromatic N) is 2. The number of hydrogen-bond donors (Lipinski definition) is 1. The third-order valence-electron chi connectivity index (χ3n) is 5.15. The second-order valence-electron chi connectivity index (χ2n) is 7.20. The Kier molecular flexibility index (Phi) is 6.13. The molecule has 0 aliphatic carbocycles. The van der Waals surface area contributed by atoms with Crippen LogP contribution in [-0.4, -0.2) is 22.6 Å². The van der Waals surface area contributed by atoms with Gasteiger partial charge in [-0.1, -0.05) is 42.5 Å². The molecule has 0 saturated carbocycles. The van der Waals surface area contributed by atoms with E-state index in [1.54, 1.807) is 7.11 Å². The molecule has 2 aromatic heterocycles. The Morgan fingerprint density at radius 2 is 1.87 bits per heavy atom. The van der Waals surface area contributed by atoms with E-state index in [-0.39, 0.29) is 24.4 Å². The fourth-order valence-corrected chi connectivity index (χ4v) is 4.51. The molecule has 4 aromatic rings. The predicted molar refractivity (Wildman–Crippen MR) is 124 cm³/mol. The molecule has 2 heterocycles. The predicted octanol–water partition coefficient (Wildman–Crippen LogP) is 4.15. The van der Waals surface area contributed by atoms with Crippen molar-refractivity contribution >= 4 is 27.5 Å². The van der Waals surface area contributed by atoms with Gasteiger partial charge in [0.1, 0.15) is 10.6 Å². The lowest BCUT2D eigenvalue weighted by Crippen LogP contribution is -2.27. The Hall–Kier alpha value is -3.45. The van der Waals surface area contributed by atoms with Crippen LogP contribution in [0.2, 0.25) is 0 Å². The van der Waals surface area contributed by atoms with Gasteiger partial charge in [-0.25, -0.2) is 4.98 Å². The smallest absolute Gasteiger partial charge is 0.262 e. The summed E-state index contributed by atoms with van der Waals surface area (Å²) in [6.45, 7) is 2.71. The average Bonchev–Trinajstić information content (AvgIpc) is 3.14. The molecule has 2 aromatic carbocycles. The summed E-state index contributed by atoms with van der Waals surface area (Å²) in [6, 6.07) is 17.4. The normalized spacial score (nSPS) is 10.9. The number of rotatable bonds is 7. The lowest BCUT2D eigenvalue weighted by Gasteiger charge is -2.08. The largest absolute Gasteiger partial charge is 0.497 e. The van der Waals surface area contributed by atoms with Gasteiger partial charge >= 0.3 is 0 Å². The summed E-state index contributed by atoms with van der Waals surface area (Å²) in [7, 11) is 1.62. The van der Waals surface area contributed by atoms with Crippen LogP contribution in [0, 0.1) is 6.92 Å². The third-order valence-corrected chi connectivity index (χ3v) is 6.16. The van der Waals surface area contributed by atoms with Crippen molar-refractivity contribution in [3.05, 3.63) is 81.7 Å². The van der Waals surface area contributed by atoms with Crippen LogP contribution in [0.25, 0.3) is 21.3 Å². The number of nitrogens with one attached hydrogen (secondary N) is 1. The van der Waals surface area contributed by atoms with Crippen LogP contribution in [0.4, 0.5) is 0 Å². The quantitative estimate of drug-likeness (QED) is 0.475. The van der Waals surface area contributed by atoms with Crippen LogP contribution < -0.4 is 15.6 Å². The number of carbonyl (C=O) groups excluding carboxylic acids is 1. The van der Waals surface area contributed by atoms with E-state index in [0.29, 0.717) is 11.9 Å². The molecular formula is C24H23N3O3S. The molecule has 0 radical (unpaired) electrons. The molecule has 0 spiro atoms. The Morgan fingerprint density at radius 3 is 2.58 bits per heavy atom. The Morgan fingerprint density at radius 1 is 1.13 bits per heavy atom. The van der Waals surface area contributed by atoms with Gasteiger partial charge in [-0.05, 0) is 30.2 Å². The Bertz CT molecular complexity index is 1260. The molecule has 158 valence electrons. The molecule has 6 nitrogen and oxygen atoms in total. The fourth-order valence-electron chi connectivity index (χ4n) is 3.50. The summed E-state index contributed by atoms with van der Waals surface area (Å²) in [4.78, 5) is 31.7. The second kappa shape index (κ2) is 9.14. The average molecular weight is 434 g/mol. The summed E-state index contributed by atoms with van der Waals surface area (Å²) in [5.74, 6) is 0.656. The van der Waals surface area contributed by atoms with Gasteiger partial charge in [0, 0.05) is 30.0 Å². The van der Waals surface area contributed by atoms with Gasteiger partial charge in [-0.3, -0.25) is 14.2 Å². The molecule has 0 atom stereocenters. The van der Waals surface area contributed by atoms with E-state index < -0.39 is 0 Å². The molecule has 31 heavy (non-hydrogen) atoms. The first-order chi connectivity index (χ1) is 15.1. The third kappa shape index (κ3) is 4.51. The molecule has 4 rings (SSSR count). The van der Waals surface area contributed by atoms with Gasteiger partial charge in [-0.15, -0.1) is 11.3 Å². The highest BCUT2D eigenvalue weighted by atomic mass is 32.1. The maximum absolute atomic E-state index is 13.2. The zero-order valence-electron chi connectivity index (χ0n) is 17.4.